The van der Waals surface area contributed by atoms with E-state index in [-0.39, 0.29) is 5.91 Å². The van der Waals surface area contributed by atoms with Crippen LogP contribution >= 0.6 is 0 Å². The summed E-state index contributed by atoms with van der Waals surface area (Å²) in [6.45, 7) is 8.06. The van der Waals surface area contributed by atoms with Gasteiger partial charge in [0.1, 0.15) is 17.0 Å². The number of imidazole rings is 1. The maximum atomic E-state index is 13.8. The molecule has 216 valence electrons. The van der Waals surface area contributed by atoms with Crippen molar-refractivity contribution in [2.45, 2.75) is 59.0 Å². The Hall–Kier alpha value is -4.07. The third-order valence-electron chi connectivity index (χ3n) is 10.3. The second kappa shape index (κ2) is 9.21. The van der Waals surface area contributed by atoms with Crippen molar-refractivity contribution in [3.05, 3.63) is 53.4 Å². The Morgan fingerprint density at radius 1 is 1.10 bits per heavy atom. The number of hydrogen-bond acceptors (Lipinski definition) is 5. The first-order valence-corrected chi connectivity index (χ1v) is 15.2. The van der Waals surface area contributed by atoms with Crippen LogP contribution in [0.3, 0.4) is 0 Å². The first-order chi connectivity index (χ1) is 20.3. The number of piperidine rings is 1. The molecule has 0 spiro atoms. The minimum atomic E-state index is 0.0937. The van der Waals surface area contributed by atoms with Crippen LogP contribution in [0.1, 0.15) is 54.4 Å². The Labute approximate surface area is 245 Å². The van der Waals surface area contributed by atoms with Crippen LogP contribution in [0.4, 0.5) is 0 Å². The molecule has 1 aliphatic heterocycles. The van der Waals surface area contributed by atoms with Crippen LogP contribution in [-0.4, -0.2) is 49.8 Å². The van der Waals surface area contributed by atoms with Gasteiger partial charge >= 0.3 is 0 Å². The highest BCUT2D eigenvalue weighted by Gasteiger charge is 2.46. The number of aryl methyl sites for hydroxylation is 3. The zero-order chi connectivity index (χ0) is 28.9. The molecular formula is C34H37N5O3. The number of carbonyl (C=O) groups excluding carboxylic acids is 1. The molecule has 2 aliphatic carbocycles. The van der Waals surface area contributed by atoms with Crippen molar-refractivity contribution in [2.75, 3.05) is 13.7 Å². The number of likely N-dealkylation sites (tertiary alicyclic amines) is 1. The molecule has 3 fully saturated rings. The number of fused-ring (bicyclic) bond motifs is 4. The van der Waals surface area contributed by atoms with E-state index in [0.717, 1.165) is 64.6 Å². The lowest BCUT2D eigenvalue weighted by Crippen LogP contribution is -2.38. The molecule has 0 N–H and O–H groups in total. The molecule has 3 atom stereocenters. The lowest BCUT2D eigenvalue weighted by Gasteiger charge is -2.27. The average molecular weight is 564 g/mol. The monoisotopic (exact) mass is 563 g/mol. The number of carbonyl (C=O) groups is 1. The van der Waals surface area contributed by atoms with Gasteiger partial charge in [-0.15, -0.1) is 0 Å². The van der Waals surface area contributed by atoms with E-state index in [1.165, 1.54) is 30.2 Å². The van der Waals surface area contributed by atoms with Crippen molar-refractivity contribution in [3.63, 3.8) is 0 Å². The van der Waals surface area contributed by atoms with Crippen LogP contribution in [0.5, 0.6) is 5.75 Å². The van der Waals surface area contributed by atoms with E-state index in [1.54, 1.807) is 7.11 Å². The van der Waals surface area contributed by atoms with E-state index in [4.69, 9.17) is 14.2 Å². The Morgan fingerprint density at radius 3 is 2.60 bits per heavy atom. The molecule has 2 bridgehead atoms. The summed E-state index contributed by atoms with van der Waals surface area (Å²) in [5.41, 5.74) is 7.67. The fraction of sp³-hybridized carbons (Fsp3) is 0.441. The van der Waals surface area contributed by atoms with Crippen molar-refractivity contribution in [2.24, 2.45) is 24.8 Å². The number of aromatic nitrogens is 4. The largest absolute Gasteiger partial charge is 0.494 e. The fourth-order valence-electron chi connectivity index (χ4n) is 7.77. The third kappa shape index (κ3) is 3.76. The quantitative estimate of drug-likeness (QED) is 0.228. The Morgan fingerprint density at radius 2 is 1.93 bits per heavy atom. The van der Waals surface area contributed by atoms with Gasteiger partial charge < -0.3 is 23.3 Å². The van der Waals surface area contributed by atoms with Gasteiger partial charge in [0.2, 0.25) is 0 Å². The molecule has 2 aromatic carbocycles. The van der Waals surface area contributed by atoms with Gasteiger partial charge in [0.25, 0.3) is 5.91 Å². The number of hydrogen-bond donors (Lipinski definition) is 0. The van der Waals surface area contributed by atoms with Crippen molar-refractivity contribution in [1.29, 1.82) is 0 Å². The zero-order valence-electron chi connectivity index (χ0n) is 25.0. The second-order valence-electron chi connectivity index (χ2n) is 12.8. The Bertz CT molecular complexity index is 1870. The van der Waals surface area contributed by atoms with Crippen molar-refractivity contribution < 1.29 is 14.1 Å². The van der Waals surface area contributed by atoms with Crippen LogP contribution in [0, 0.1) is 31.6 Å². The van der Waals surface area contributed by atoms with Crippen LogP contribution in [0.15, 0.2) is 40.9 Å². The minimum Gasteiger partial charge on any atom is -0.494 e. The zero-order valence-corrected chi connectivity index (χ0v) is 25.0. The van der Waals surface area contributed by atoms with Gasteiger partial charge in [0.05, 0.1) is 24.0 Å². The predicted octanol–water partition coefficient (Wildman–Crippen LogP) is 6.76. The van der Waals surface area contributed by atoms with E-state index < -0.39 is 0 Å². The third-order valence-corrected chi connectivity index (χ3v) is 10.3. The summed E-state index contributed by atoms with van der Waals surface area (Å²) in [6.07, 6.45) is 4.84. The van der Waals surface area contributed by atoms with Gasteiger partial charge in [-0.1, -0.05) is 24.2 Å². The van der Waals surface area contributed by atoms with Gasteiger partial charge in [-0.2, -0.15) is 0 Å². The lowest BCUT2D eigenvalue weighted by molar-refractivity contribution is 0.0696. The Kier molecular flexibility index (Phi) is 5.62. The maximum absolute atomic E-state index is 13.8. The van der Waals surface area contributed by atoms with Gasteiger partial charge in [-0.25, -0.2) is 4.98 Å². The Balaban J connectivity index is 1.25. The molecule has 4 heterocycles. The second-order valence-corrected chi connectivity index (χ2v) is 12.8. The van der Waals surface area contributed by atoms with Gasteiger partial charge in [0.15, 0.2) is 5.82 Å². The number of nitrogens with zero attached hydrogens (tertiary/aromatic N) is 5. The van der Waals surface area contributed by atoms with Crippen molar-refractivity contribution in [3.8, 4) is 28.4 Å². The molecular weight excluding hydrogens is 526 g/mol. The fourth-order valence-corrected chi connectivity index (χ4v) is 7.77. The van der Waals surface area contributed by atoms with E-state index in [9.17, 15) is 4.79 Å². The van der Waals surface area contributed by atoms with E-state index in [2.05, 4.69) is 50.4 Å². The smallest absolute Gasteiger partial charge is 0.254 e. The number of rotatable bonds is 6. The van der Waals surface area contributed by atoms with E-state index in [0.29, 0.717) is 35.1 Å². The molecule has 2 saturated carbocycles. The average Bonchev–Trinajstić information content (AvgIpc) is 3.17. The summed E-state index contributed by atoms with van der Waals surface area (Å²) in [5.74, 6) is 4.35. The van der Waals surface area contributed by atoms with Gasteiger partial charge in [-0.05, 0) is 87.1 Å². The molecule has 2 unspecified atom stereocenters. The van der Waals surface area contributed by atoms with Crippen LogP contribution in [-0.2, 0) is 13.6 Å². The van der Waals surface area contributed by atoms with Crippen LogP contribution in [0.2, 0.25) is 0 Å². The number of benzene rings is 2. The molecule has 8 nitrogen and oxygen atoms in total. The number of methoxy groups -OCH3 is 1. The molecule has 3 aromatic heterocycles. The SMILES string of the molecule is COc1cc(C(=O)N2CC3CCC2[C@@H]3C)cc2nc(-c3cc4ccc(-c5c(C)noc5C)cc4n3CC3CC3)n(C)c12. The standard InChI is InChI=1S/C34H37N5O3/c1-18-24-10-11-27(18)39(17-24)34(40)25-12-26-32(30(15-25)41-5)37(4)33(35-26)29-13-22-8-9-23(31-19(2)36-42-20(31)3)14-28(22)38(29)16-21-6-7-21/h8-9,12-15,18,21,24,27H,6-7,10-11,16-17H2,1-5H3/t18-,24?,27?/m1/s1. The normalized spacial score (nSPS) is 21.7. The summed E-state index contributed by atoms with van der Waals surface area (Å²) < 4.78 is 15.9. The molecule has 1 amide bonds. The molecule has 5 aromatic rings. The van der Waals surface area contributed by atoms with Gasteiger partial charge in [-0.3, -0.25) is 4.79 Å². The molecule has 1 saturated heterocycles. The minimum absolute atomic E-state index is 0.0937. The van der Waals surface area contributed by atoms with E-state index >= 15 is 0 Å². The summed E-state index contributed by atoms with van der Waals surface area (Å²) >= 11 is 0. The lowest BCUT2D eigenvalue weighted by atomic mass is 10.0. The first-order valence-electron chi connectivity index (χ1n) is 15.2. The van der Waals surface area contributed by atoms with Crippen molar-refractivity contribution >= 4 is 27.8 Å². The predicted molar refractivity (Wildman–Crippen MR) is 163 cm³/mol. The molecule has 8 heteroatoms. The first kappa shape index (κ1) is 25.6. The summed E-state index contributed by atoms with van der Waals surface area (Å²) in [4.78, 5) is 21.0. The topological polar surface area (TPSA) is 78.3 Å². The van der Waals surface area contributed by atoms with E-state index in [1.807, 2.05) is 33.0 Å². The highest BCUT2D eigenvalue weighted by Crippen LogP contribution is 2.44. The van der Waals surface area contributed by atoms with Crippen LogP contribution in [0.25, 0.3) is 44.6 Å². The number of amides is 1. The molecule has 8 rings (SSSR count). The molecule has 0 radical (unpaired) electrons. The molecule has 42 heavy (non-hydrogen) atoms. The maximum Gasteiger partial charge on any atom is 0.254 e. The highest BCUT2D eigenvalue weighted by atomic mass is 16.5. The summed E-state index contributed by atoms with van der Waals surface area (Å²) in [5, 5.41) is 5.36. The molecule has 3 aliphatic rings. The van der Waals surface area contributed by atoms with Crippen LogP contribution < -0.4 is 4.74 Å². The summed E-state index contributed by atoms with van der Waals surface area (Å²) in [6, 6.07) is 13.1. The highest BCUT2D eigenvalue weighted by molar-refractivity contribution is 6.00. The van der Waals surface area contributed by atoms with Crippen molar-refractivity contribution in [1.82, 2.24) is 24.2 Å². The number of ether oxygens (including phenoxy) is 1. The summed E-state index contributed by atoms with van der Waals surface area (Å²) in [7, 11) is 3.72. The van der Waals surface area contributed by atoms with Gasteiger partial charge in [0, 0.05) is 48.2 Å².